The molecule has 4 aromatic carbocycles. The standard InChI is InChI=1S/C36H27FN2OS3.B2FH2OP2/c1-20-10-12-22(3)25(18-20)27-14-16-29(41-27)31-33(37)36(40-24-8-6-5-7-9-24)32(35-34(31)38-43-39-35)30-17-15-28(42-30)26-19-21(2)11-13-23(26)4;1-6(3,5)2-4/h5-19H,1-4H3;5H2/q;+1/i;5TD. The molecule has 0 saturated heterocycles. The molecule has 4 nitrogen and oxygen atoms in total. The number of benzene rings is 4. The molecule has 0 N–H and O–H groups in total. The van der Waals surface area contributed by atoms with Crippen LogP contribution in [0.1, 0.15) is 22.3 Å². The molecule has 2 unspecified atom stereocenters. The molecule has 0 bridgehead atoms. The van der Waals surface area contributed by atoms with Gasteiger partial charge in [0, 0.05) is 19.5 Å². The van der Waals surface area contributed by atoms with Gasteiger partial charge in [-0.15, -0.1) is 22.7 Å². The van der Waals surface area contributed by atoms with Gasteiger partial charge < -0.3 is 4.74 Å². The molecule has 0 fully saturated rings. The van der Waals surface area contributed by atoms with Crippen LogP contribution < -0.4 is 4.74 Å². The van der Waals surface area contributed by atoms with Crippen LogP contribution in [0.15, 0.2) is 91.0 Å². The third-order valence-corrected chi connectivity index (χ3v) is 11.1. The van der Waals surface area contributed by atoms with Crippen molar-refractivity contribution < 1.29 is 18.0 Å². The average molecular weight is 742 g/mol. The minimum atomic E-state index is -3.78. The summed E-state index contributed by atoms with van der Waals surface area (Å²) in [5, 5.41) is 0. The number of fused-ring (bicyclic) bond motifs is 1. The molecular formula is C36H29B2F2N2O2P2S3+. The van der Waals surface area contributed by atoms with Gasteiger partial charge in [-0.1, -0.05) is 65.7 Å². The van der Waals surface area contributed by atoms with Gasteiger partial charge in [-0.25, -0.2) is 4.39 Å². The van der Waals surface area contributed by atoms with E-state index in [9.17, 15) is 8.90 Å². The summed E-state index contributed by atoms with van der Waals surface area (Å²) < 4.78 is 67.3. The number of aryl methyl sites for hydroxylation is 4. The predicted octanol–water partition coefficient (Wildman–Crippen LogP) is 12.4. The van der Waals surface area contributed by atoms with Crippen molar-refractivity contribution in [1.82, 2.24) is 8.75 Å². The van der Waals surface area contributed by atoms with Crippen molar-refractivity contribution in [1.29, 1.82) is 2.56 Å². The van der Waals surface area contributed by atoms with Crippen molar-refractivity contribution in [2.24, 2.45) is 0 Å². The number of halogens is 2. The molecule has 2 atom stereocenters. The quantitative estimate of drug-likeness (QED) is 0.115. The molecule has 0 aliphatic carbocycles. The molecule has 49 heavy (non-hydrogen) atoms. The fraction of sp³-hybridized carbons (Fsp3) is 0.111. The Balaban J connectivity index is 0.000000503. The first-order valence-corrected chi connectivity index (χ1v) is 20.4. The summed E-state index contributed by atoms with van der Waals surface area (Å²) in [7, 11) is -1.58. The second-order valence-corrected chi connectivity index (χ2v) is 17.5. The molecular weight excluding hydrogens is 710 g/mol. The summed E-state index contributed by atoms with van der Waals surface area (Å²) in [5.74, 6) is 0.289. The van der Waals surface area contributed by atoms with Crippen LogP contribution >= 0.6 is 50.2 Å². The Morgan fingerprint density at radius 3 is 1.84 bits per heavy atom. The minimum absolute atomic E-state index is 0.112. The van der Waals surface area contributed by atoms with E-state index in [0.29, 0.717) is 27.9 Å². The van der Waals surface area contributed by atoms with Crippen molar-refractivity contribution in [2.45, 2.75) is 27.7 Å². The molecule has 0 spiro atoms. The predicted molar refractivity (Wildman–Crippen MR) is 210 cm³/mol. The second-order valence-electron chi connectivity index (χ2n) is 11.5. The van der Waals surface area contributed by atoms with Gasteiger partial charge in [0.1, 0.15) is 16.8 Å². The van der Waals surface area contributed by atoms with Gasteiger partial charge in [-0.05, 0) is 86.3 Å². The zero-order valence-electron chi connectivity index (χ0n) is 28.9. The van der Waals surface area contributed by atoms with E-state index in [1.807, 2.05) is 42.5 Å². The number of para-hydroxylation sites is 1. The van der Waals surface area contributed by atoms with Crippen molar-refractivity contribution >= 4 is 75.7 Å². The summed E-state index contributed by atoms with van der Waals surface area (Å²) >= 11 is 4.27. The van der Waals surface area contributed by atoms with Crippen LogP contribution in [-0.2, 0) is 4.70 Å². The Kier molecular flexibility index (Phi) is 9.89. The van der Waals surface area contributed by atoms with Crippen LogP contribution in [0.2, 0.25) is 0 Å². The molecule has 0 amide bonds. The Morgan fingerprint density at radius 1 is 0.816 bits per heavy atom. The number of aromatic nitrogens is 2. The van der Waals surface area contributed by atoms with Crippen molar-refractivity contribution in [3.8, 4) is 53.3 Å². The third-order valence-electron chi connectivity index (χ3n) is 7.74. The Bertz CT molecular complexity index is 2370. The Hall–Kier alpha value is -3.45. The van der Waals surface area contributed by atoms with Crippen molar-refractivity contribution in [3.63, 3.8) is 0 Å². The molecule has 7 aromatic rings. The summed E-state index contributed by atoms with van der Waals surface area (Å²) in [6.07, 6.45) is 0. The van der Waals surface area contributed by atoms with E-state index in [1.165, 1.54) is 27.8 Å². The second kappa shape index (κ2) is 14.8. The van der Waals surface area contributed by atoms with Crippen LogP contribution in [-0.4, -0.2) is 25.7 Å². The molecule has 0 saturated carbocycles. The van der Waals surface area contributed by atoms with Crippen LogP contribution in [0, 0.1) is 33.5 Å². The van der Waals surface area contributed by atoms with E-state index in [2.05, 4.69) is 88.2 Å². The maximum absolute atomic E-state index is 17.0. The zero-order valence-corrected chi connectivity index (χ0v) is 31.1. The van der Waals surface area contributed by atoms with Gasteiger partial charge in [0.2, 0.25) is 0 Å². The molecule has 242 valence electrons. The molecule has 0 aliphatic rings. The molecule has 3 aromatic heterocycles. The summed E-state index contributed by atoms with van der Waals surface area (Å²) in [6, 6.07) is 30.4. The molecule has 3 heterocycles. The number of ether oxygens (including phenoxy) is 1. The molecule has 0 aliphatic heterocycles. The van der Waals surface area contributed by atoms with E-state index in [-0.39, 0.29) is 12.6 Å². The van der Waals surface area contributed by atoms with Gasteiger partial charge in [0.25, 0.3) is 0 Å². The first kappa shape index (κ1) is 32.7. The number of hydrogen-bond acceptors (Lipinski definition) is 7. The van der Waals surface area contributed by atoms with E-state index in [1.54, 1.807) is 22.7 Å². The van der Waals surface area contributed by atoms with Crippen LogP contribution in [0.4, 0.5) is 8.59 Å². The fourth-order valence-corrected chi connectivity index (χ4v) is 8.16. The van der Waals surface area contributed by atoms with Gasteiger partial charge in [0.05, 0.1) is 22.9 Å². The van der Waals surface area contributed by atoms with E-state index >= 15 is 4.39 Å². The summed E-state index contributed by atoms with van der Waals surface area (Å²) in [6.45, 7) is 8.29. The number of nitrogens with zero attached hydrogens (tertiary/aromatic N) is 2. The van der Waals surface area contributed by atoms with E-state index < -0.39 is 21.7 Å². The van der Waals surface area contributed by atoms with Gasteiger partial charge >= 0.3 is 41.7 Å². The topological polar surface area (TPSA) is 52.1 Å². The van der Waals surface area contributed by atoms with Crippen LogP contribution in [0.3, 0.4) is 0 Å². The van der Waals surface area contributed by atoms with Crippen molar-refractivity contribution in [2.75, 3.05) is 0 Å². The SMILES string of the molecule is Cc1ccc(C)c(-c2ccc(-c3c(F)c(Oc4ccccc4)c(-c4ccc(-c5cc(C)ccc5C)s4)c4nsnc34)s2)c1.[2H]P([3H])[P+]([B])(F)B=O. The van der Waals surface area contributed by atoms with E-state index in [0.717, 1.165) is 36.8 Å². The number of hydrogen-bond donors (Lipinski definition) is 0. The fourth-order valence-electron chi connectivity index (χ4n) is 5.34. The van der Waals surface area contributed by atoms with Gasteiger partial charge in [0.15, 0.2) is 11.6 Å². The van der Waals surface area contributed by atoms with Crippen LogP contribution in [0.25, 0.3) is 52.8 Å². The average Bonchev–Trinajstić information content (AvgIpc) is 3.90. The third kappa shape index (κ3) is 7.82. The van der Waals surface area contributed by atoms with Crippen molar-refractivity contribution in [3.05, 3.63) is 119 Å². The Morgan fingerprint density at radius 2 is 1.33 bits per heavy atom. The molecule has 13 heteroatoms. The summed E-state index contributed by atoms with van der Waals surface area (Å²) in [5.41, 5.74) is 9.32. The normalized spacial score (nSPS) is 13.4. The maximum atomic E-state index is 17.0. The Labute approximate surface area is 303 Å². The van der Waals surface area contributed by atoms with Gasteiger partial charge in [-0.3, -0.25) is 0 Å². The van der Waals surface area contributed by atoms with E-state index in [4.69, 9.17) is 11.7 Å². The first-order valence-electron chi connectivity index (χ1n) is 15.9. The summed E-state index contributed by atoms with van der Waals surface area (Å²) in [4.78, 5) is 3.86. The first-order chi connectivity index (χ1) is 24.4. The van der Waals surface area contributed by atoms with Gasteiger partial charge in [-0.2, -0.15) is 8.75 Å². The number of thiophene rings is 2. The zero-order chi connectivity index (χ0) is 36.4. The monoisotopic (exact) mass is 742 g/mol. The number of rotatable bonds is 8. The molecule has 7 rings (SSSR count). The van der Waals surface area contributed by atoms with Crippen LogP contribution in [0.5, 0.6) is 11.5 Å². The molecule has 2 radical (unpaired) electrons.